The molecular weight excluding hydrogens is 1390 g/mol. The van der Waals surface area contributed by atoms with Crippen LogP contribution in [0.15, 0.2) is 88.5 Å². The van der Waals surface area contributed by atoms with Gasteiger partial charge in [-0.15, -0.1) is 30.6 Å². The van der Waals surface area contributed by atoms with Crippen molar-refractivity contribution in [3.63, 3.8) is 0 Å². The second kappa shape index (κ2) is 28.0. The third-order valence-corrected chi connectivity index (χ3v) is 14.2. The lowest BCUT2D eigenvalue weighted by Gasteiger charge is -2.32. The standard InChI is InChI=1S/C18H14F6N4O2.C14H18BF4NO3.C10H8BrF2N3O.C7H3BrClF2N3.C3H6O.2CH4/c1-9(17(20,21)22)29-15-13(19)6-11(7-25-15)10-2-5-14-26-27-16(28(14)8-10)18(23,24)30-12-3-4-12;1-8(14(17,18)19)21-11-10(16)6-9(7-20-11)15-22-12(2,3)13(4,5)23-15;11-6-1-4-8-14-15-9(16(8)5-6)10(12,13)17-7-2-3-7;8-4-1-2-5-12-13-6(7(9,10)11)14(5)3-4;4-3-1-2-3;;/h2,5-9,12H,3-4H2,1H3;6-8H,1-5H3;1,4-5,7H,2-3H2;1-3H;3-4H,1-2H2;2*1H4/t9-;8-;;;;;/m00...../s1. The van der Waals surface area contributed by atoms with Crippen molar-refractivity contribution in [3.8, 4) is 22.9 Å². The first kappa shape index (κ1) is 73.0. The Balaban J connectivity index is 0.000000192. The summed E-state index contributed by atoms with van der Waals surface area (Å²) in [5.74, 6) is -5.48. The molecule has 1 aliphatic heterocycles. The topological polar surface area (TPSA) is 192 Å². The molecule has 1 saturated heterocycles. The Morgan fingerprint density at radius 3 is 1.32 bits per heavy atom. The smallest absolute Gasteiger partial charge is 0.463 e. The molecule has 4 aliphatic rings. The van der Waals surface area contributed by atoms with Crippen molar-refractivity contribution in [2.75, 3.05) is 0 Å². The van der Waals surface area contributed by atoms with Gasteiger partial charge in [-0.2, -0.15) is 52.7 Å². The lowest BCUT2D eigenvalue weighted by Crippen LogP contribution is -2.41. The lowest BCUT2D eigenvalue weighted by atomic mass is 9.80. The number of hydrogen-bond donors (Lipinski definition) is 1. The van der Waals surface area contributed by atoms with E-state index in [9.17, 15) is 61.5 Å². The summed E-state index contributed by atoms with van der Waals surface area (Å²) in [6.45, 7) is 8.83. The molecule has 9 heterocycles. The highest BCUT2D eigenvalue weighted by Crippen LogP contribution is 2.40. The maximum atomic E-state index is 14.4. The number of aromatic nitrogens is 11. The summed E-state index contributed by atoms with van der Waals surface area (Å²) in [5, 5.41) is 25.9. The van der Waals surface area contributed by atoms with Crippen LogP contribution < -0.4 is 14.9 Å². The maximum Gasteiger partial charge on any atom is 0.496 e. The fourth-order valence-corrected chi connectivity index (χ4v) is 7.93. The maximum absolute atomic E-state index is 14.4. The molecule has 8 aromatic heterocycles. The van der Waals surface area contributed by atoms with Crippen LogP contribution in [-0.2, 0) is 36.4 Å². The predicted octanol–water partition coefficient (Wildman–Crippen LogP) is 14.3. The van der Waals surface area contributed by atoms with Gasteiger partial charge >= 0.3 is 37.1 Å². The van der Waals surface area contributed by atoms with E-state index in [0.717, 1.165) is 53.8 Å². The molecule has 0 bridgehead atoms. The number of rotatable bonds is 13. The Labute approximate surface area is 526 Å². The van der Waals surface area contributed by atoms with Gasteiger partial charge in [0, 0.05) is 56.5 Å². The molecule has 1 N–H and O–H groups in total. The summed E-state index contributed by atoms with van der Waals surface area (Å²) in [6.07, 6.45) is -10.7. The van der Waals surface area contributed by atoms with Crippen molar-refractivity contribution in [1.82, 2.24) is 53.8 Å². The van der Waals surface area contributed by atoms with Crippen LogP contribution in [0.4, 0.5) is 61.5 Å². The Bertz CT molecular complexity index is 3720. The number of ether oxygens (including phenoxy) is 4. The van der Waals surface area contributed by atoms with Crippen LogP contribution in [0.5, 0.6) is 11.8 Å². The Morgan fingerprint density at radius 2 is 0.944 bits per heavy atom. The van der Waals surface area contributed by atoms with Gasteiger partial charge in [0.2, 0.25) is 17.5 Å². The molecular formula is C54H57BBr2ClF14N11O7. The molecule has 18 nitrogen and oxygen atoms in total. The summed E-state index contributed by atoms with van der Waals surface area (Å²) >= 11 is 11.2. The second-order valence-electron chi connectivity index (χ2n) is 21.0. The molecule has 3 aliphatic carbocycles. The Hall–Kier alpha value is -6.11. The number of halogens is 17. The summed E-state index contributed by atoms with van der Waals surface area (Å²) in [5.41, 5.74) is 0.224. The number of fused-ring (bicyclic) bond motifs is 3. The molecule has 2 atom stereocenters. The predicted molar refractivity (Wildman–Crippen MR) is 304 cm³/mol. The van der Waals surface area contributed by atoms with Crippen molar-refractivity contribution in [2.45, 2.75) is 167 Å². The first-order valence-electron chi connectivity index (χ1n) is 26.2. The highest BCUT2D eigenvalue weighted by atomic mass is 79.9. The first-order valence-corrected chi connectivity index (χ1v) is 28.1. The Kier molecular flexibility index (Phi) is 22.7. The largest absolute Gasteiger partial charge is 0.496 e. The van der Waals surface area contributed by atoms with Crippen LogP contribution in [0, 0.1) is 11.6 Å². The molecule has 36 heteroatoms. The van der Waals surface area contributed by atoms with Gasteiger partial charge < -0.3 is 33.4 Å². The zero-order chi connectivity index (χ0) is 64.7. The van der Waals surface area contributed by atoms with Crippen molar-refractivity contribution >= 4 is 73.0 Å². The van der Waals surface area contributed by atoms with Crippen molar-refractivity contribution in [2.24, 2.45) is 0 Å². The van der Waals surface area contributed by atoms with Gasteiger partial charge in [-0.05, 0) is 172 Å². The SMILES string of the molecule is C.C.C[C@H](Oc1ncc(-c2ccc3nnc(C(F)(F)OC4CC4)n3c2)cc1F)C(F)(F)F.C[C@H](Oc1ncc(B2OC(C)(C)C(C)(C)O2)cc1F)C(F)(F)F.FC(F)(Cl)c1nnc2ccc(Br)cn12.FC(F)(OC1CC1)c1nnc2ccc(Br)cn12.OC1CC1. The number of pyridine rings is 5. The number of alkyl halides is 13. The van der Waals surface area contributed by atoms with Crippen molar-refractivity contribution < 1.29 is 94.8 Å². The van der Waals surface area contributed by atoms with Gasteiger partial charge in [0.1, 0.15) is 0 Å². The fourth-order valence-electron chi connectivity index (χ4n) is 7.13. The zero-order valence-corrected chi connectivity index (χ0v) is 50.4. The molecule has 0 amide bonds. The minimum atomic E-state index is -4.68. The van der Waals surface area contributed by atoms with Gasteiger partial charge in [0.25, 0.3) is 11.8 Å². The quantitative estimate of drug-likeness (QED) is 0.0651. The van der Waals surface area contributed by atoms with E-state index < -0.39 is 107 Å². The minimum absolute atomic E-state index is 0. The number of nitrogens with zero attached hydrogens (tertiary/aromatic N) is 11. The van der Waals surface area contributed by atoms with Crippen LogP contribution in [-0.4, -0.2) is 120 Å². The van der Waals surface area contributed by atoms with E-state index in [1.165, 1.54) is 41.3 Å². The first-order chi connectivity index (χ1) is 40.8. The fraction of sp³-hybridized carbons (Fsp3) is 0.481. The van der Waals surface area contributed by atoms with E-state index in [0.29, 0.717) is 45.9 Å². The number of aliphatic hydroxyl groups excluding tert-OH is 1. The average Bonchev–Trinajstić information content (AvgIpc) is 1.64. The van der Waals surface area contributed by atoms with E-state index in [1.807, 2.05) is 27.7 Å². The molecule has 0 aromatic carbocycles. The monoisotopic (exact) mass is 1440 g/mol. The molecule has 0 radical (unpaired) electrons. The Morgan fingerprint density at radius 1 is 0.567 bits per heavy atom. The van der Waals surface area contributed by atoms with Crippen LogP contribution in [0.1, 0.15) is 112 Å². The lowest BCUT2D eigenvalue weighted by molar-refractivity contribution is -0.261. The normalized spacial score (nSPS) is 17.0. The van der Waals surface area contributed by atoms with Crippen molar-refractivity contribution in [3.05, 3.63) is 118 Å². The third kappa shape index (κ3) is 18.6. The van der Waals surface area contributed by atoms with Gasteiger partial charge in [0.15, 0.2) is 40.8 Å². The molecule has 8 aromatic rings. The minimum Gasteiger partial charge on any atom is -0.463 e. The van der Waals surface area contributed by atoms with Crippen molar-refractivity contribution in [1.29, 1.82) is 0 Å². The number of hydrogen-bond acceptors (Lipinski definition) is 15. The third-order valence-electron chi connectivity index (χ3n) is 13.1. The highest BCUT2D eigenvalue weighted by molar-refractivity contribution is 9.10. The molecule has 4 fully saturated rings. The average molecular weight is 1440 g/mol. The zero-order valence-electron chi connectivity index (χ0n) is 46.5. The van der Waals surface area contributed by atoms with E-state index in [1.54, 1.807) is 24.3 Å². The van der Waals surface area contributed by atoms with Gasteiger partial charge in [-0.25, -0.2) is 18.7 Å². The molecule has 3 saturated carbocycles. The van der Waals surface area contributed by atoms with E-state index in [2.05, 4.69) is 86.6 Å². The van der Waals surface area contributed by atoms with Crippen LogP contribution in [0.3, 0.4) is 0 Å². The van der Waals surface area contributed by atoms with Gasteiger partial charge in [-0.3, -0.25) is 13.2 Å². The highest BCUT2D eigenvalue weighted by Gasteiger charge is 2.52. The van der Waals surface area contributed by atoms with Gasteiger partial charge in [-0.1, -0.05) is 14.9 Å². The summed E-state index contributed by atoms with van der Waals surface area (Å²) in [7, 11) is -0.851. The molecule has 90 heavy (non-hydrogen) atoms. The summed E-state index contributed by atoms with van der Waals surface area (Å²) in [4.78, 5) is 7.20. The summed E-state index contributed by atoms with van der Waals surface area (Å²) < 4.78 is 220. The van der Waals surface area contributed by atoms with E-state index in [-0.39, 0.29) is 49.3 Å². The molecule has 0 unspecified atom stereocenters. The molecule has 492 valence electrons. The summed E-state index contributed by atoms with van der Waals surface area (Å²) in [6, 6.07) is 11.3. The van der Waals surface area contributed by atoms with Gasteiger partial charge in [0.05, 0.1) is 29.5 Å². The second-order valence-corrected chi connectivity index (χ2v) is 23.3. The van der Waals surface area contributed by atoms with Crippen LogP contribution in [0.25, 0.3) is 28.1 Å². The van der Waals surface area contributed by atoms with E-state index >= 15 is 0 Å². The number of aliphatic hydroxyl groups is 1. The molecule has 12 rings (SSSR count). The molecule has 0 spiro atoms. The van der Waals surface area contributed by atoms with Crippen LogP contribution >= 0.6 is 43.5 Å². The van der Waals surface area contributed by atoms with Crippen LogP contribution in [0.2, 0.25) is 0 Å². The van der Waals surface area contributed by atoms with E-state index in [4.69, 9.17) is 30.8 Å².